The quantitative estimate of drug-likeness (QED) is 0.755. The van der Waals surface area contributed by atoms with Crippen molar-refractivity contribution in [3.05, 3.63) is 36.0 Å². The Balaban J connectivity index is 1.44. The zero-order chi connectivity index (χ0) is 16.9. The van der Waals surface area contributed by atoms with Gasteiger partial charge in [-0.1, -0.05) is 25.1 Å². The summed E-state index contributed by atoms with van der Waals surface area (Å²) in [5, 5.41) is 6.73. The van der Waals surface area contributed by atoms with Gasteiger partial charge in [-0.2, -0.15) is 0 Å². The third-order valence-electron chi connectivity index (χ3n) is 4.91. The minimum absolute atomic E-state index is 0.146. The van der Waals surface area contributed by atoms with Crippen LogP contribution in [-0.2, 0) is 16.0 Å². The molecule has 24 heavy (non-hydrogen) atoms. The van der Waals surface area contributed by atoms with Crippen molar-refractivity contribution in [2.24, 2.45) is 5.92 Å². The fourth-order valence-corrected chi connectivity index (χ4v) is 3.38. The number of rotatable bonds is 4. The molecule has 0 bridgehead atoms. The third-order valence-corrected chi connectivity index (χ3v) is 4.91. The molecule has 128 valence electrons. The van der Waals surface area contributed by atoms with E-state index in [4.69, 9.17) is 0 Å². The number of benzene rings is 1. The number of aromatic amines is 1. The molecule has 1 aromatic carbocycles. The molecule has 1 heterocycles. The van der Waals surface area contributed by atoms with E-state index >= 15 is 0 Å². The van der Waals surface area contributed by atoms with E-state index in [2.05, 4.69) is 28.6 Å². The van der Waals surface area contributed by atoms with Crippen LogP contribution < -0.4 is 10.6 Å². The monoisotopic (exact) mass is 327 g/mol. The van der Waals surface area contributed by atoms with E-state index in [0.717, 1.165) is 48.1 Å². The standard InChI is InChI=1S/C19H25N3O2/c1-13-6-8-15(9-7-13)22-19(24)18(23)20-11-10-14-12-21-17-5-3-2-4-16(14)17/h2-5,12-13,15,21H,6-11H2,1H3,(H,20,23)(H,22,24). The van der Waals surface area contributed by atoms with Crippen LogP contribution in [0.4, 0.5) is 0 Å². The second kappa shape index (κ2) is 7.51. The summed E-state index contributed by atoms with van der Waals surface area (Å²) in [5.41, 5.74) is 2.23. The summed E-state index contributed by atoms with van der Waals surface area (Å²) in [7, 11) is 0. The Morgan fingerprint density at radius 1 is 1.12 bits per heavy atom. The average molecular weight is 327 g/mol. The first-order chi connectivity index (χ1) is 11.6. The van der Waals surface area contributed by atoms with Crippen molar-refractivity contribution in [2.75, 3.05) is 6.54 Å². The van der Waals surface area contributed by atoms with Crippen molar-refractivity contribution in [3.8, 4) is 0 Å². The molecule has 5 heteroatoms. The number of carbonyl (C=O) groups is 2. The van der Waals surface area contributed by atoms with Crippen LogP contribution >= 0.6 is 0 Å². The minimum atomic E-state index is -0.534. The summed E-state index contributed by atoms with van der Waals surface area (Å²) < 4.78 is 0. The number of para-hydroxylation sites is 1. The molecule has 1 saturated carbocycles. The van der Waals surface area contributed by atoms with Crippen molar-refractivity contribution >= 4 is 22.7 Å². The predicted octanol–water partition coefficient (Wildman–Crippen LogP) is 2.52. The van der Waals surface area contributed by atoms with Gasteiger partial charge < -0.3 is 15.6 Å². The number of hydrogen-bond donors (Lipinski definition) is 3. The number of fused-ring (bicyclic) bond motifs is 1. The van der Waals surface area contributed by atoms with Gasteiger partial charge in [0.1, 0.15) is 0 Å². The molecular weight excluding hydrogens is 302 g/mol. The summed E-state index contributed by atoms with van der Waals surface area (Å²) in [5.74, 6) is -0.315. The van der Waals surface area contributed by atoms with Crippen LogP contribution in [0.15, 0.2) is 30.5 Å². The Morgan fingerprint density at radius 3 is 2.67 bits per heavy atom. The van der Waals surface area contributed by atoms with Gasteiger partial charge in [-0.05, 0) is 49.7 Å². The fourth-order valence-electron chi connectivity index (χ4n) is 3.38. The Bertz CT molecular complexity index is 714. The molecule has 5 nitrogen and oxygen atoms in total. The normalized spacial score (nSPS) is 20.7. The second-order valence-electron chi connectivity index (χ2n) is 6.80. The van der Waals surface area contributed by atoms with Gasteiger partial charge in [0.05, 0.1) is 0 Å². The first-order valence-corrected chi connectivity index (χ1v) is 8.77. The van der Waals surface area contributed by atoms with Crippen LogP contribution in [0.2, 0.25) is 0 Å². The third kappa shape index (κ3) is 3.96. The molecule has 2 amide bonds. The molecule has 1 aliphatic rings. The predicted molar refractivity (Wildman–Crippen MR) is 94.6 cm³/mol. The lowest BCUT2D eigenvalue weighted by atomic mass is 9.87. The molecule has 0 atom stereocenters. The Labute approximate surface area is 142 Å². The van der Waals surface area contributed by atoms with E-state index in [1.807, 2.05) is 24.4 Å². The van der Waals surface area contributed by atoms with Gasteiger partial charge in [-0.25, -0.2) is 0 Å². The number of carbonyl (C=O) groups excluding carboxylic acids is 2. The molecule has 1 aliphatic carbocycles. The smallest absolute Gasteiger partial charge is 0.309 e. The van der Waals surface area contributed by atoms with Crippen LogP contribution in [0.5, 0.6) is 0 Å². The van der Waals surface area contributed by atoms with Crippen LogP contribution in [0, 0.1) is 5.92 Å². The maximum Gasteiger partial charge on any atom is 0.309 e. The highest BCUT2D eigenvalue weighted by atomic mass is 16.2. The van der Waals surface area contributed by atoms with E-state index in [0.29, 0.717) is 13.0 Å². The highest BCUT2D eigenvalue weighted by molar-refractivity contribution is 6.35. The van der Waals surface area contributed by atoms with Gasteiger partial charge in [-0.3, -0.25) is 9.59 Å². The number of amides is 2. The van der Waals surface area contributed by atoms with Gasteiger partial charge in [-0.15, -0.1) is 0 Å². The number of aromatic nitrogens is 1. The first-order valence-electron chi connectivity index (χ1n) is 8.77. The van der Waals surface area contributed by atoms with Crippen LogP contribution in [0.25, 0.3) is 10.9 Å². The molecule has 1 fully saturated rings. The minimum Gasteiger partial charge on any atom is -0.361 e. The highest BCUT2D eigenvalue weighted by Crippen LogP contribution is 2.23. The van der Waals surface area contributed by atoms with E-state index < -0.39 is 11.8 Å². The van der Waals surface area contributed by atoms with E-state index in [-0.39, 0.29) is 6.04 Å². The van der Waals surface area contributed by atoms with Crippen LogP contribution in [-0.4, -0.2) is 29.4 Å². The topological polar surface area (TPSA) is 74.0 Å². The van der Waals surface area contributed by atoms with Crippen molar-refractivity contribution in [2.45, 2.75) is 45.1 Å². The fraction of sp³-hybridized carbons (Fsp3) is 0.474. The van der Waals surface area contributed by atoms with Gasteiger partial charge in [0, 0.05) is 29.7 Å². The van der Waals surface area contributed by atoms with Crippen molar-refractivity contribution in [1.29, 1.82) is 0 Å². The number of nitrogens with one attached hydrogen (secondary N) is 3. The Kier molecular flexibility index (Phi) is 5.18. The van der Waals surface area contributed by atoms with E-state index in [1.54, 1.807) is 0 Å². The summed E-state index contributed by atoms with van der Waals surface area (Å²) in [6, 6.07) is 8.21. The highest BCUT2D eigenvalue weighted by Gasteiger charge is 2.22. The summed E-state index contributed by atoms with van der Waals surface area (Å²) in [6.07, 6.45) is 6.83. The molecule has 2 aromatic rings. The van der Waals surface area contributed by atoms with Crippen molar-refractivity contribution in [3.63, 3.8) is 0 Å². The molecule has 0 saturated heterocycles. The molecule has 0 radical (unpaired) electrons. The van der Waals surface area contributed by atoms with Crippen molar-refractivity contribution in [1.82, 2.24) is 15.6 Å². The van der Waals surface area contributed by atoms with Crippen LogP contribution in [0.1, 0.15) is 38.2 Å². The molecule has 3 rings (SSSR count). The summed E-state index contributed by atoms with van der Waals surface area (Å²) in [4.78, 5) is 27.1. The molecular formula is C19H25N3O2. The number of hydrogen-bond acceptors (Lipinski definition) is 2. The van der Waals surface area contributed by atoms with Crippen molar-refractivity contribution < 1.29 is 9.59 Å². The van der Waals surface area contributed by atoms with Gasteiger partial charge in [0.2, 0.25) is 0 Å². The second-order valence-corrected chi connectivity index (χ2v) is 6.80. The zero-order valence-electron chi connectivity index (χ0n) is 14.1. The maximum atomic E-state index is 12.0. The molecule has 1 aromatic heterocycles. The lowest BCUT2D eigenvalue weighted by Crippen LogP contribution is -2.46. The lowest BCUT2D eigenvalue weighted by Gasteiger charge is -2.26. The average Bonchev–Trinajstić information content (AvgIpc) is 3.00. The molecule has 0 unspecified atom stereocenters. The summed E-state index contributed by atoms with van der Waals surface area (Å²) in [6.45, 7) is 2.69. The largest absolute Gasteiger partial charge is 0.361 e. The summed E-state index contributed by atoms with van der Waals surface area (Å²) >= 11 is 0. The molecule has 0 spiro atoms. The Morgan fingerprint density at radius 2 is 1.88 bits per heavy atom. The SMILES string of the molecule is CC1CCC(NC(=O)C(=O)NCCc2c[nH]c3ccccc23)CC1. The van der Waals surface area contributed by atoms with E-state index in [1.165, 1.54) is 0 Å². The maximum absolute atomic E-state index is 12.0. The van der Waals surface area contributed by atoms with Crippen LogP contribution in [0.3, 0.4) is 0 Å². The molecule has 3 N–H and O–H groups in total. The molecule has 0 aliphatic heterocycles. The number of H-pyrrole nitrogens is 1. The van der Waals surface area contributed by atoms with E-state index in [9.17, 15) is 9.59 Å². The lowest BCUT2D eigenvalue weighted by molar-refractivity contribution is -0.139. The Hall–Kier alpha value is -2.30. The zero-order valence-corrected chi connectivity index (χ0v) is 14.1. The van der Waals surface area contributed by atoms with Gasteiger partial charge >= 0.3 is 11.8 Å². The van der Waals surface area contributed by atoms with Gasteiger partial charge in [0.15, 0.2) is 0 Å². The first kappa shape index (κ1) is 16.6. The van der Waals surface area contributed by atoms with Gasteiger partial charge in [0.25, 0.3) is 0 Å².